The minimum Gasteiger partial charge on any atom is -0.369 e. The van der Waals surface area contributed by atoms with Crippen LogP contribution in [0.1, 0.15) is 5.56 Å². The lowest BCUT2D eigenvalue weighted by molar-refractivity contribution is 0.617. The average molecular weight is 276 g/mol. The molecule has 96 valence electrons. The van der Waals surface area contributed by atoms with E-state index in [2.05, 4.69) is 4.98 Å². The smallest absolute Gasteiger partial charge is 0.205 e. The average Bonchev–Trinajstić information content (AvgIpc) is 2.68. The molecule has 1 aromatic heterocycles. The summed E-state index contributed by atoms with van der Waals surface area (Å²) in [6.07, 6.45) is 0. The molecule has 2 aromatic carbocycles. The fourth-order valence-electron chi connectivity index (χ4n) is 2.16. The van der Waals surface area contributed by atoms with E-state index in [0.29, 0.717) is 27.7 Å². The molecule has 0 aliphatic carbocycles. The third kappa shape index (κ3) is 1.85. The predicted octanol–water partition coefficient (Wildman–Crippen LogP) is 3.71. The Hall–Kier alpha value is -2.07. The van der Waals surface area contributed by atoms with E-state index in [1.165, 1.54) is 6.07 Å². The second-order valence-electron chi connectivity index (χ2n) is 4.32. The van der Waals surface area contributed by atoms with E-state index in [4.69, 9.17) is 17.3 Å². The van der Waals surface area contributed by atoms with Gasteiger partial charge < -0.3 is 5.73 Å². The van der Waals surface area contributed by atoms with Gasteiger partial charge in [0.05, 0.1) is 16.7 Å². The van der Waals surface area contributed by atoms with Crippen LogP contribution in [0.15, 0.2) is 36.4 Å². The van der Waals surface area contributed by atoms with Crippen molar-refractivity contribution in [3.63, 3.8) is 0 Å². The minimum atomic E-state index is -0.271. The van der Waals surface area contributed by atoms with Gasteiger partial charge in [-0.15, -0.1) is 0 Å². The van der Waals surface area contributed by atoms with Crippen molar-refractivity contribution in [1.82, 2.24) is 9.55 Å². The highest BCUT2D eigenvalue weighted by atomic mass is 35.5. The molecule has 0 spiro atoms. The van der Waals surface area contributed by atoms with Crippen molar-refractivity contribution >= 4 is 28.6 Å². The first-order valence-electron chi connectivity index (χ1n) is 5.77. The molecule has 0 unspecified atom stereocenters. The Kier molecular flexibility index (Phi) is 2.68. The highest BCUT2D eigenvalue weighted by Crippen LogP contribution is 2.27. The molecule has 5 heteroatoms. The standard InChI is InChI=1S/C14H11ClFN3/c1-8-10(16)3-2-4-12(8)19-13-6-5-9(15)7-11(13)18-14(19)17/h2-7H,1H3,(H2,17,18). The number of anilines is 1. The summed E-state index contributed by atoms with van der Waals surface area (Å²) in [5.41, 5.74) is 8.64. The van der Waals surface area contributed by atoms with Crippen LogP contribution in [0.3, 0.4) is 0 Å². The summed E-state index contributed by atoms with van der Waals surface area (Å²) >= 11 is 5.93. The SMILES string of the molecule is Cc1c(F)cccc1-n1c(N)nc2cc(Cl)ccc21. The minimum absolute atomic E-state index is 0.271. The van der Waals surface area contributed by atoms with Crippen molar-refractivity contribution in [2.24, 2.45) is 0 Å². The van der Waals surface area contributed by atoms with Gasteiger partial charge in [-0.1, -0.05) is 17.7 Å². The van der Waals surface area contributed by atoms with Crippen molar-refractivity contribution in [3.05, 3.63) is 52.8 Å². The largest absolute Gasteiger partial charge is 0.369 e. The van der Waals surface area contributed by atoms with E-state index in [-0.39, 0.29) is 5.82 Å². The van der Waals surface area contributed by atoms with Crippen LogP contribution in [-0.2, 0) is 0 Å². The summed E-state index contributed by atoms with van der Waals surface area (Å²) in [6.45, 7) is 1.71. The first-order valence-corrected chi connectivity index (χ1v) is 6.14. The van der Waals surface area contributed by atoms with Gasteiger partial charge in [0.2, 0.25) is 5.95 Å². The van der Waals surface area contributed by atoms with Gasteiger partial charge in [0.25, 0.3) is 0 Å². The maximum atomic E-state index is 13.7. The number of nitrogens with zero attached hydrogens (tertiary/aromatic N) is 2. The van der Waals surface area contributed by atoms with Crippen LogP contribution >= 0.6 is 11.6 Å². The van der Waals surface area contributed by atoms with Crippen LogP contribution in [-0.4, -0.2) is 9.55 Å². The molecule has 0 amide bonds. The summed E-state index contributed by atoms with van der Waals surface area (Å²) < 4.78 is 15.4. The van der Waals surface area contributed by atoms with Gasteiger partial charge in [-0.25, -0.2) is 9.37 Å². The summed E-state index contributed by atoms with van der Waals surface area (Å²) in [5, 5.41) is 0.591. The molecule has 3 nitrogen and oxygen atoms in total. The van der Waals surface area contributed by atoms with E-state index in [9.17, 15) is 4.39 Å². The van der Waals surface area contributed by atoms with Gasteiger partial charge in [-0.2, -0.15) is 0 Å². The van der Waals surface area contributed by atoms with Gasteiger partial charge >= 0.3 is 0 Å². The number of hydrogen-bond donors (Lipinski definition) is 1. The maximum Gasteiger partial charge on any atom is 0.205 e. The lowest BCUT2D eigenvalue weighted by Gasteiger charge is -2.10. The number of rotatable bonds is 1. The van der Waals surface area contributed by atoms with Gasteiger partial charge in [0, 0.05) is 10.6 Å². The Bertz CT molecular complexity index is 780. The number of hydrogen-bond acceptors (Lipinski definition) is 2. The first-order chi connectivity index (χ1) is 9.08. The molecule has 1 heterocycles. The summed E-state index contributed by atoms with van der Waals surface area (Å²) in [4.78, 5) is 4.25. The van der Waals surface area contributed by atoms with Crippen LogP contribution in [0, 0.1) is 12.7 Å². The van der Waals surface area contributed by atoms with E-state index >= 15 is 0 Å². The molecule has 0 atom stereocenters. The molecule has 3 aromatic rings. The van der Waals surface area contributed by atoms with Gasteiger partial charge in [-0.05, 0) is 37.3 Å². The number of fused-ring (bicyclic) bond motifs is 1. The van der Waals surface area contributed by atoms with Gasteiger partial charge in [0.1, 0.15) is 5.82 Å². The Morgan fingerprint density at radius 2 is 2.05 bits per heavy atom. The van der Waals surface area contributed by atoms with Crippen LogP contribution in [0.25, 0.3) is 16.7 Å². The molecule has 0 fully saturated rings. The highest BCUT2D eigenvalue weighted by Gasteiger charge is 2.13. The molecule has 0 aliphatic rings. The van der Waals surface area contributed by atoms with Crippen molar-refractivity contribution in [2.45, 2.75) is 6.92 Å². The summed E-state index contributed by atoms with van der Waals surface area (Å²) in [7, 11) is 0. The highest BCUT2D eigenvalue weighted by molar-refractivity contribution is 6.31. The Balaban J connectivity index is 2.36. The topological polar surface area (TPSA) is 43.8 Å². The molecular weight excluding hydrogens is 265 g/mol. The molecule has 0 radical (unpaired) electrons. The quantitative estimate of drug-likeness (QED) is 0.736. The molecular formula is C14H11ClFN3. The molecule has 19 heavy (non-hydrogen) atoms. The van der Waals surface area contributed by atoms with Crippen LogP contribution in [0.5, 0.6) is 0 Å². The second kappa shape index (κ2) is 4.24. The molecule has 0 bridgehead atoms. The normalized spacial score (nSPS) is 11.1. The monoisotopic (exact) mass is 275 g/mol. The number of benzene rings is 2. The van der Waals surface area contributed by atoms with Crippen LogP contribution < -0.4 is 5.73 Å². The fourth-order valence-corrected chi connectivity index (χ4v) is 2.33. The molecule has 0 saturated heterocycles. The summed E-state index contributed by atoms with van der Waals surface area (Å²) in [6, 6.07) is 10.2. The molecule has 0 aliphatic heterocycles. The maximum absolute atomic E-state index is 13.7. The third-order valence-electron chi connectivity index (χ3n) is 3.12. The predicted molar refractivity (Wildman–Crippen MR) is 75.2 cm³/mol. The molecule has 3 rings (SSSR count). The molecule has 2 N–H and O–H groups in total. The third-order valence-corrected chi connectivity index (χ3v) is 3.36. The van der Waals surface area contributed by atoms with Gasteiger partial charge in [-0.3, -0.25) is 4.57 Å². The Morgan fingerprint density at radius 1 is 1.26 bits per heavy atom. The number of nitrogen functional groups attached to an aromatic ring is 1. The number of nitrogens with two attached hydrogens (primary N) is 1. The zero-order valence-electron chi connectivity index (χ0n) is 10.2. The number of imidazole rings is 1. The second-order valence-corrected chi connectivity index (χ2v) is 4.76. The Labute approximate surface area is 114 Å². The molecule has 0 saturated carbocycles. The lowest BCUT2D eigenvalue weighted by atomic mass is 10.2. The van der Waals surface area contributed by atoms with E-state index in [1.807, 2.05) is 12.1 Å². The zero-order chi connectivity index (χ0) is 13.6. The number of aromatic nitrogens is 2. The number of halogens is 2. The van der Waals surface area contributed by atoms with E-state index in [1.54, 1.807) is 29.7 Å². The van der Waals surface area contributed by atoms with E-state index in [0.717, 1.165) is 5.52 Å². The first kappa shape index (κ1) is 12.0. The van der Waals surface area contributed by atoms with Crippen molar-refractivity contribution in [2.75, 3.05) is 5.73 Å². The van der Waals surface area contributed by atoms with Crippen LogP contribution in [0.4, 0.5) is 10.3 Å². The Morgan fingerprint density at radius 3 is 2.84 bits per heavy atom. The van der Waals surface area contributed by atoms with Gasteiger partial charge in [0.15, 0.2) is 0 Å². The zero-order valence-corrected chi connectivity index (χ0v) is 10.9. The lowest BCUT2D eigenvalue weighted by Crippen LogP contribution is -2.03. The van der Waals surface area contributed by atoms with Crippen LogP contribution in [0.2, 0.25) is 5.02 Å². The van der Waals surface area contributed by atoms with E-state index < -0.39 is 0 Å². The van der Waals surface area contributed by atoms with Crippen molar-refractivity contribution < 1.29 is 4.39 Å². The fraction of sp³-hybridized carbons (Fsp3) is 0.0714. The van der Waals surface area contributed by atoms with Crippen molar-refractivity contribution in [3.8, 4) is 5.69 Å². The van der Waals surface area contributed by atoms with Crippen molar-refractivity contribution in [1.29, 1.82) is 0 Å². The summed E-state index contributed by atoms with van der Waals surface area (Å²) in [5.74, 6) is 0.0404.